The van der Waals surface area contributed by atoms with E-state index in [4.69, 9.17) is 9.15 Å². The largest absolute Gasteiger partial charge is 0.497 e. The number of nitrogens with zero attached hydrogens (tertiary/aromatic N) is 5. The molecule has 1 saturated carbocycles. The first-order chi connectivity index (χ1) is 13.8. The molecule has 0 unspecified atom stereocenters. The molecule has 4 rings (SSSR count). The number of methoxy groups -OCH3 is 1. The van der Waals surface area contributed by atoms with Crippen molar-refractivity contribution in [3.63, 3.8) is 0 Å². The van der Waals surface area contributed by atoms with Crippen molar-refractivity contribution in [2.75, 3.05) is 7.11 Å². The molecule has 0 aliphatic heterocycles. The van der Waals surface area contributed by atoms with E-state index >= 15 is 0 Å². The molecule has 3 aromatic rings. The summed E-state index contributed by atoms with van der Waals surface area (Å²) >= 11 is 0. The van der Waals surface area contributed by atoms with Crippen molar-refractivity contribution >= 4 is 0 Å². The van der Waals surface area contributed by atoms with Gasteiger partial charge in [-0.25, -0.2) is 4.68 Å². The van der Waals surface area contributed by atoms with Crippen molar-refractivity contribution in [2.24, 2.45) is 0 Å². The van der Waals surface area contributed by atoms with Crippen LogP contribution in [0.1, 0.15) is 55.3 Å². The van der Waals surface area contributed by atoms with Gasteiger partial charge in [0.2, 0.25) is 0 Å². The maximum atomic E-state index is 5.59. The molecule has 1 aromatic carbocycles. The summed E-state index contributed by atoms with van der Waals surface area (Å²) in [6.45, 7) is 2.12. The number of tetrazole rings is 1. The summed E-state index contributed by atoms with van der Waals surface area (Å²) < 4.78 is 13.0. The molecule has 0 saturated heterocycles. The number of furan rings is 1. The molecule has 7 nitrogen and oxygen atoms in total. The first kappa shape index (κ1) is 18.7. The second kappa shape index (κ2) is 9.01. The van der Waals surface area contributed by atoms with Crippen molar-refractivity contribution in [1.82, 2.24) is 25.1 Å². The van der Waals surface area contributed by atoms with Crippen LogP contribution in [0.5, 0.6) is 5.75 Å². The number of rotatable bonds is 8. The highest BCUT2D eigenvalue weighted by Crippen LogP contribution is 2.28. The third-order valence-electron chi connectivity index (χ3n) is 5.35. The standard InChI is InChI=1S/C21H27N5O2/c1-27-19-10-5-7-17(13-19)14-25(15-20-11-6-12-28-20)16-21-22-23-24-26(21)18-8-3-2-4-9-18/h5-7,10-13,18H,2-4,8-9,14-16H2,1H3. The van der Waals surface area contributed by atoms with E-state index in [1.165, 1.54) is 24.8 Å². The van der Waals surface area contributed by atoms with Gasteiger partial charge < -0.3 is 9.15 Å². The van der Waals surface area contributed by atoms with Crippen molar-refractivity contribution in [3.8, 4) is 5.75 Å². The van der Waals surface area contributed by atoms with Crippen molar-refractivity contribution in [2.45, 2.75) is 57.8 Å². The zero-order valence-electron chi connectivity index (χ0n) is 16.3. The van der Waals surface area contributed by atoms with Crippen LogP contribution >= 0.6 is 0 Å². The van der Waals surface area contributed by atoms with Crippen molar-refractivity contribution in [1.29, 1.82) is 0 Å². The molecule has 2 heterocycles. The van der Waals surface area contributed by atoms with Crippen LogP contribution < -0.4 is 4.74 Å². The molecule has 0 spiro atoms. The van der Waals surface area contributed by atoms with Gasteiger partial charge in [-0.3, -0.25) is 4.90 Å². The lowest BCUT2D eigenvalue weighted by atomic mass is 9.95. The molecule has 0 N–H and O–H groups in total. The van der Waals surface area contributed by atoms with Crippen LogP contribution in [0.25, 0.3) is 0 Å². The Balaban J connectivity index is 1.53. The molecule has 1 fully saturated rings. The molecule has 7 heteroatoms. The smallest absolute Gasteiger partial charge is 0.165 e. The molecule has 0 amide bonds. The summed E-state index contributed by atoms with van der Waals surface area (Å²) in [6, 6.07) is 12.5. The zero-order valence-corrected chi connectivity index (χ0v) is 16.3. The summed E-state index contributed by atoms with van der Waals surface area (Å²) in [5.41, 5.74) is 1.18. The van der Waals surface area contributed by atoms with Crippen LogP contribution in [0.4, 0.5) is 0 Å². The van der Waals surface area contributed by atoms with Crippen LogP contribution in [0.2, 0.25) is 0 Å². The van der Waals surface area contributed by atoms with Crippen molar-refractivity contribution < 1.29 is 9.15 Å². The van der Waals surface area contributed by atoms with E-state index < -0.39 is 0 Å². The molecule has 2 aromatic heterocycles. The highest BCUT2D eigenvalue weighted by Gasteiger charge is 2.22. The van der Waals surface area contributed by atoms with Gasteiger partial charge in [0.25, 0.3) is 0 Å². The Morgan fingerprint density at radius 3 is 2.79 bits per heavy atom. The van der Waals surface area contributed by atoms with E-state index in [2.05, 4.69) is 32.6 Å². The van der Waals surface area contributed by atoms with E-state index in [9.17, 15) is 0 Å². The fraction of sp³-hybridized carbons (Fsp3) is 0.476. The fourth-order valence-electron chi connectivity index (χ4n) is 3.95. The quantitative estimate of drug-likeness (QED) is 0.588. The lowest BCUT2D eigenvalue weighted by molar-refractivity contribution is 0.210. The minimum Gasteiger partial charge on any atom is -0.497 e. The molecule has 0 atom stereocenters. The number of aromatic nitrogens is 4. The Bertz CT molecular complexity index is 855. The van der Waals surface area contributed by atoms with Crippen LogP contribution in [0.15, 0.2) is 47.1 Å². The molecule has 1 aliphatic carbocycles. The van der Waals surface area contributed by atoms with Crippen LogP contribution in [-0.4, -0.2) is 32.2 Å². The monoisotopic (exact) mass is 381 g/mol. The minimum absolute atomic E-state index is 0.418. The molecular weight excluding hydrogens is 354 g/mol. The maximum absolute atomic E-state index is 5.59. The Labute approximate surface area is 165 Å². The summed E-state index contributed by atoms with van der Waals surface area (Å²) in [7, 11) is 1.69. The van der Waals surface area contributed by atoms with Crippen LogP contribution in [0.3, 0.4) is 0 Å². The molecular formula is C21H27N5O2. The molecule has 28 heavy (non-hydrogen) atoms. The number of hydrogen-bond donors (Lipinski definition) is 0. The normalized spacial score (nSPS) is 15.2. The van der Waals surface area contributed by atoms with Gasteiger partial charge >= 0.3 is 0 Å². The predicted octanol–water partition coefficient (Wildman–Crippen LogP) is 3.98. The Kier molecular flexibility index (Phi) is 6.01. The lowest BCUT2D eigenvalue weighted by Gasteiger charge is -2.25. The average Bonchev–Trinajstić information content (AvgIpc) is 3.41. The highest BCUT2D eigenvalue weighted by atomic mass is 16.5. The van der Waals surface area contributed by atoms with E-state index in [-0.39, 0.29) is 0 Å². The van der Waals surface area contributed by atoms with Gasteiger partial charge in [0, 0.05) is 6.54 Å². The molecule has 148 valence electrons. The average molecular weight is 381 g/mol. The Morgan fingerprint density at radius 2 is 2.00 bits per heavy atom. The summed E-state index contributed by atoms with van der Waals surface area (Å²) in [6.07, 6.45) is 7.85. The number of benzene rings is 1. The van der Waals surface area contributed by atoms with E-state index in [1.54, 1.807) is 13.4 Å². The van der Waals surface area contributed by atoms with Gasteiger partial charge in [0.1, 0.15) is 11.5 Å². The topological polar surface area (TPSA) is 69.2 Å². The number of hydrogen-bond acceptors (Lipinski definition) is 6. The second-order valence-electron chi connectivity index (χ2n) is 7.41. The first-order valence-corrected chi connectivity index (χ1v) is 9.96. The van der Waals surface area contributed by atoms with E-state index in [0.29, 0.717) is 19.1 Å². The fourth-order valence-corrected chi connectivity index (χ4v) is 3.95. The summed E-state index contributed by atoms with van der Waals surface area (Å²) in [5.74, 6) is 2.71. The summed E-state index contributed by atoms with van der Waals surface area (Å²) in [4.78, 5) is 2.30. The van der Waals surface area contributed by atoms with Crippen LogP contribution in [0, 0.1) is 0 Å². The Hall–Kier alpha value is -2.67. The van der Waals surface area contributed by atoms with Gasteiger partial charge in [-0.1, -0.05) is 31.4 Å². The van der Waals surface area contributed by atoms with Gasteiger partial charge in [-0.2, -0.15) is 0 Å². The van der Waals surface area contributed by atoms with E-state index in [0.717, 1.165) is 36.7 Å². The summed E-state index contributed by atoms with van der Waals surface area (Å²) in [5, 5.41) is 12.6. The highest BCUT2D eigenvalue weighted by molar-refractivity contribution is 5.28. The van der Waals surface area contributed by atoms with Gasteiger partial charge in [-0.15, -0.1) is 5.10 Å². The molecule has 1 aliphatic rings. The minimum atomic E-state index is 0.418. The van der Waals surface area contributed by atoms with E-state index in [1.807, 2.05) is 28.9 Å². The predicted molar refractivity (Wildman–Crippen MR) is 105 cm³/mol. The van der Waals surface area contributed by atoms with Gasteiger partial charge in [0.15, 0.2) is 5.82 Å². The third-order valence-corrected chi connectivity index (χ3v) is 5.35. The molecule has 0 bridgehead atoms. The first-order valence-electron chi connectivity index (χ1n) is 9.96. The SMILES string of the molecule is COc1cccc(CN(Cc2ccco2)Cc2nnnn2C2CCCCC2)c1. The van der Waals surface area contributed by atoms with Crippen LogP contribution in [-0.2, 0) is 19.6 Å². The second-order valence-corrected chi connectivity index (χ2v) is 7.41. The number of ether oxygens (including phenoxy) is 1. The van der Waals surface area contributed by atoms with Gasteiger partial charge in [-0.05, 0) is 53.1 Å². The zero-order chi connectivity index (χ0) is 19.2. The molecule has 0 radical (unpaired) electrons. The van der Waals surface area contributed by atoms with Crippen molar-refractivity contribution in [3.05, 3.63) is 59.8 Å². The lowest BCUT2D eigenvalue weighted by Crippen LogP contribution is -2.26. The maximum Gasteiger partial charge on any atom is 0.165 e. The Morgan fingerprint density at radius 1 is 1.11 bits per heavy atom. The van der Waals surface area contributed by atoms with Gasteiger partial charge in [0.05, 0.1) is 32.5 Å². The third kappa shape index (κ3) is 4.59.